The zero-order valence-electron chi connectivity index (χ0n) is 17.7. The molecular weight excluding hydrogens is 427 g/mol. The largest absolute Gasteiger partial charge is 0.376 e. The van der Waals surface area contributed by atoms with E-state index in [1.807, 2.05) is 35.8 Å². The second-order valence-corrected chi connectivity index (χ2v) is 8.88. The summed E-state index contributed by atoms with van der Waals surface area (Å²) >= 11 is 1.37. The van der Waals surface area contributed by atoms with Crippen LogP contribution in [0.2, 0.25) is 0 Å². The molecule has 8 heteroatoms. The minimum atomic E-state index is -0.298. The molecule has 5 rings (SSSR count). The van der Waals surface area contributed by atoms with Crippen molar-refractivity contribution in [2.24, 2.45) is 0 Å². The maximum absolute atomic E-state index is 13.4. The van der Waals surface area contributed by atoms with E-state index in [9.17, 15) is 9.18 Å². The number of thioether (sulfide) groups is 1. The number of nitrogens with zero attached hydrogens (tertiary/aromatic N) is 3. The second-order valence-electron chi connectivity index (χ2n) is 7.94. The fourth-order valence-electron chi connectivity index (χ4n) is 4.20. The van der Waals surface area contributed by atoms with Crippen molar-refractivity contribution in [2.45, 2.75) is 37.6 Å². The first-order valence-electron chi connectivity index (χ1n) is 10.6. The molecule has 0 bridgehead atoms. The molecule has 0 spiro atoms. The van der Waals surface area contributed by atoms with E-state index in [2.05, 4.69) is 15.2 Å². The Morgan fingerprint density at radius 2 is 2.03 bits per heavy atom. The molecule has 2 aromatic heterocycles. The number of aromatic amines is 1. The van der Waals surface area contributed by atoms with E-state index in [0.717, 1.165) is 47.2 Å². The van der Waals surface area contributed by atoms with Crippen LogP contribution in [0.4, 0.5) is 4.39 Å². The summed E-state index contributed by atoms with van der Waals surface area (Å²) in [6, 6.07) is 14.0. The van der Waals surface area contributed by atoms with Crippen molar-refractivity contribution < 1.29 is 13.9 Å². The average Bonchev–Trinajstić information content (AvgIpc) is 3.52. The summed E-state index contributed by atoms with van der Waals surface area (Å²) in [7, 11) is 0. The highest BCUT2D eigenvalue weighted by atomic mass is 32.2. The molecular formula is C24H23FN4O2S. The van der Waals surface area contributed by atoms with Crippen molar-refractivity contribution >= 4 is 28.4 Å². The van der Waals surface area contributed by atoms with Gasteiger partial charge in [0.05, 0.1) is 18.4 Å². The molecule has 32 heavy (non-hydrogen) atoms. The van der Waals surface area contributed by atoms with Gasteiger partial charge in [-0.2, -0.15) is 0 Å². The van der Waals surface area contributed by atoms with Crippen LogP contribution in [0.3, 0.4) is 0 Å². The number of para-hydroxylation sites is 1. The third-order valence-electron chi connectivity index (χ3n) is 5.73. The van der Waals surface area contributed by atoms with Crippen LogP contribution in [0.25, 0.3) is 22.3 Å². The molecule has 1 saturated heterocycles. The standard InChI is InChI=1S/C24H23FN4O2S/c1-15-22(19-6-2-3-7-20(19)26-15)21(30)14-32-24-28-27-23(16-8-10-17(25)11-9-16)29(24)13-18-5-4-12-31-18/h2-3,6-11,18,26H,4-5,12-14H2,1H3/t18-/m0/s1. The van der Waals surface area contributed by atoms with Crippen LogP contribution < -0.4 is 0 Å². The molecule has 2 aromatic carbocycles. The van der Waals surface area contributed by atoms with Crippen LogP contribution in [0.15, 0.2) is 53.7 Å². The Morgan fingerprint density at radius 1 is 1.22 bits per heavy atom. The van der Waals surface area contributed by atoms with Crippen molar-refractivity contribution in [1.29, 1.82) is 0 Å². The Hall–Kier alpha value is -2.97. The number of ether oxygens (including phenoxy) is 1. The SMILES string of the molecule is Cc1[nH]c2ccccc2c1C(=O)CSc1nnc(-c2ccc(F)cc2)n1C[C@@H]1CCCO1. The predicted molar refractivity (Wildman–Crippen MR) is 122 cm³/mol. The van der Waals surface area contributed by atoms with Crippen molar-refractivity contribution in [3.8, 4) is 11.4 Å². The van der Waals surface area contributed by atoms with Crippen molar-refractivity contribution in [3.05, 3.63) is 65.6 Å². The predicted octanol–water partition coefficient (Wildman–Crippen LogP) is 5.03. The quantitative estimate of drug-likeness (QED) is 0.316. The number of ketones is 1. The number of hydrogen-bond donors (Lipinski definition) is 1. The van der Waals surface area contributed by atoms with Gasteiger partial charge in [0.1, 0.15) is 5.82 Å². The van der Waals surface area contributed by atoms with Crippen molar-refractivity contribution in [2.75, 3.05) is 12.4 Å². The van der Waals surface area contributed by atoms with E-state index in [1.165, 1.54) is 23.9 Å². The first kappa shape index (κ1) is 20.9. The van der Waals surface area contributed by atoms with E-state index in [0.29, 0.717) is 17.5 Å². The summed E-state index contributed by atoms with van der Waals surface area (Å²) in [4.78, 5) is 16.4. The number of carbonyl (C=O) groups is 1. The Bertz CT molecular complexity index is 1260. The summed E-state index contributed by atoms with van der Waals surface area (Å²) in [6.07, 6.45) is 2.08. The highest BCUT2D eigenvalue weighted by Crippen LogP contribution is 2.29. The van der Waals surface area contributed by atoms with Gasteiger partial charge in [0.2, 0.25) is 0 Å². The number of hydrogen-bond acceptors (Lipinski definition) is 5. The lowest BCUT2D eigenvalue weighted by Crippen LogP contribution is -2.17. The number of halogens is 1. The molecule has 0 aliphatic carbocycles. The monoisotopic (exact) mass is 450 g/mol. The maximum Gasteiger partial charge on any atom is 0.192 e. The smallest absolute Gasteiger partial charge is 0.192 e. The number of H-pyrrole nitrogens is 1. The maximum atomic E-state index is 13.4. The molecule has 1 N–H and O–H groups in total. The number of rotatable bonds is 7. The van der Waals surface area contributed by atoms with E-state index in [-0.39, 0.29) is 23.5 Å². The van der Waals surface area contributed by atoms with Crippen LogP contribution in [-0.4, -0.2) is 44.0 Å². The third-order valence-corrected chi connectivity index (χ3v) is 6.70. The van der Waals surface area contributed by atoms with E-state index < -0.39 is 0 Å². The molecule has 1 atom stereocenters. The molecule has 1 aliphatic heterocycles. The summed E-state index contributed by atoms with van der Waals surface area (Å²) in [5.41, 5.74) is 3.32. The van der Waals surface area contributed by atoms with Gasteiger partial charge < -0.3 is 9.72 Å². The number of carbonyl (C=O) groups excluding carboxylic acids is 1. The molecule has 0 radical (unpaired) electrons. The molecule has 0 unspecified atom stereocenters. The summed E-state index contributed by atoms with van der Waals surface area (Å²) in [5, 5.41) is 10.3. The number of Topliss-reactive ketones (excluding diaryl/α,β-unsaturated/α-hetero) is 1. The van der Waals surface area contributed by atoms with Crippen LogP contribution >= 0.6 is 11.8 Å². The minimum Gasteiger partial charge on any atom is -0.376 e. The highest BCUT2D eigenvalue weighted by molar-refractivity contribution is 7.99. The van der Waals surface area contributed by atoms with Gasteiger partial charge in [-0.1, -0.05) is 30.0 Å². The van der Waals surface area contributed by atoms with Gasteiger partial charge in [0.25, 0.3) is 0 Å². The Labute approximate surface area is 189 Å². The van der Waals surface area contributed by atoms with Gasteiger partial charge >= 0.3 is 0 Å². The normalized spacial score (nSPS) is 16.1. The molecule has 4 aromatic rings. The number of aryl methyl sites for hydroxylation is 1. The van der Waals surface area contributed by atoms with Gasteiger partial charge in [-0.3, -0.25) is 9.36 Å². The lowest BCUT2D eigenvalue weighted by atomic mass is 10.1. The number of nitrogens with one attached hydrogen (secondary N) is 1. The van der Waals surface area contributed by atoms with Crippen LogP contribution in [0.1, 0.15) is 28.9 Å². The van der Waals surface area contributed by atoms with E-state index >= 15 is 0 Å². The van der Waals surface area contributed by atoms with E-state index in [4.69, 9.17) is 4.74 Å². The van der Waals surface area contributed by atoms with Crippen LogP contribution in [0, 0.1) is 12.7 Å². The Balaban J connectivity index is 1.41. The summed E-state index contributed by atoms with van der Waals surface area (Å²) < 4.78 is 21.2. The lowest BCUT2D eigenvalue weighted by Gasteiger charge is -2.14. The first-order valence-corrected chi connectivity index (χ1v) is 11.6. The van der Waals surface area contributed by atoms with Gasteiger partial charge in [0.15, 0.2) is 16.8 Å². The molecule has 0 amide bonds. The third kappa shape index (κ3) is 4.08. The lowest BCUT2D eigenvalue weighted by molar-refractivity contribution is 0.0953. The van der Waals surface area contributed by atoms with Crippen LogP contribution in [-0.2, 0) is 11.3 Å². The Kier molecular flexibility index (Phi) is 5.80. The number of fused-ring (bicyclic) bond motifs is 1. The molecule has 6 nitrogen and oxygen atoms in total. The zero-order valence-corrected chi connectivity index (χ0v) is 18.5. The summed E-state index contributed by atoms with van der Waals surface area (Å²) in [6.45, 7) is 3.27. The van der Waals surface area contributed by atoms with Crippen molar-refractivity contribution in [3.63, 3.8) is 0 Å². The molecule has 164 valence electrons. The highest BCUT2D eigenvalue weighted by Gasteiger charge is 2.23. The van der Waals surface area contributed by atoms with Gasteiger partial charge in [0, 0.05) is 34.3 Å². The molecule has 3 heterocycles. The van der Waals surface area contributed by atoms with Crippen LogP contribution in [0.5, 0.6) is 0 Å². The first-order chi connectivity index (χ1) is 15.6. The molecule has 0 saturated carbocycles. The number of benzene rings is 2. The van der Waals surface area contributed by atoms with Gasteiger partial charge in [-0.25, -0.2) is 4.39 Å². The number of aromatic nitrogens is 4. The second kappa shape index (κ2) is 8.88. The van der Waals surface area contributed by atoms with Gasteiger partial charge in [-0.15, -0.1) is 10.2 Å². The minimum absolute atomic E-state index is 0.0416. The molecule has 1 aliphatic rings. The fourth-order valence-corrected chi connectivity index (χ4v) is 5.02. The topological polar surface area (TPSA) is 72.8 Å². The van der Waals surface area contributed by atoms with E-state index in [1.54, 1.807) is 12.1 Å². The Morgan fingerprint density at radius 3 is 2.81 bits per heavy atom. The van der Waals surface area contributed by atoms with Crippen molar-refractivity contribution in [1.82, 2.24) is 19.7 Å². The molecule has 1 fully saturated rings. The van der Waals surface area contributed by atoms with Gasteiger partial charge in [-0.05, 0) is 50.1 Å². The zero-order chi connectivity index (χ0) is 22.1. The summed E-state index contributed by atoms with van der Waals surface area (Å²) in [5.74, 6) is 0.641. The average molecular weight is 451 g/mol. The fraction of sp³-hybridized carbons (Fsp3) is 0.292.